The van der Waals surface area contributed by atoms with Gasteiger partial charge in [-0.2, -0.15) is 0 Å². The second-order valence-electron chi connectivity index (χ2n) is 3.83. The number of aliphatic imine (C=N–C) groups is 1. The maximum absolute atomic E-state index is 4.99. The highest BCUT2D eigenvalue weighted by Crippen LogP contribution is 2.17. The van der Waals surface area contributed by atoms with Crippen LogP contribution in [0.15, 0.2) is 28.0 Å². The normalized spacial score (nSPS) is 16.2. The zero-order valence-corrected chi connectivity index (χ0v) is 11.7. The van der Waals surface area contributed by atoms with Gasteiger partial charge in [-0.05, 0) is 25.3 Å². The van der Waals surface area contributed by atoms with Crippen molar-refractivity contribution in [3.05, 3.63) is 24.2 Å². The molecule has 0 bridgehead atoms. The number of guanidine groups is 1. The molecule has 0 saturated heterocycles. The van der Waals surface area contributed by atoms with Crippen molar-refractivity contribution in [2.24, 2.45) is 4.99 Å². The largest absolute Gasteiger partial charge is 0.472 e. The van der Waals surface area contributed by atoms with Crippen LogP contribution in [-0.4, -0.2) is 19.0 Å². The highest BCUT2D eigenvalue weighted by Gasteiger charge is 2.17. The zero-order valence-electron chi connectivity index (χ0n) is 9.40. The summed E-state index contributed by atoms with van der Waals surface area (Å²) < 4.78 is 4.99. The summed E-state index contributed by atoms with van der Waals surface area (Å²) in [6.45, 7) is 0.753. The molecule has 5 heteroatoms. The van der Waals surface area contributed by atoms with Gasteiger partial charge >= 0.3 is 0 Å². The van der Waals surface area contributed by atoms with Gasteiger partial charge in [-0.3, -0.25) is 4.99 Å². The standard InChI is InChI=1S/C11H17N3O.HI/c1-12-11(14-10-3-2-4-10)13-7-9-5-6-15-8-9;/h5-6,8,10H,2-4,7H2,1H3,(H2,12,13,14);1H. The van der Waals surface area contributed by atoms with Gasteiger partial charge in [0.15, 0.2) is 5.96 Å². The second-order valence-corrected chi connectivity index (χ2v) is 3.83. The van der Waals surface area contributed by atoms with E-state index in [-0.39, 0.29) is 24.0 Å². The minimum atomic E-state index is 0. The number of hydrogen-bond donors (Lipinski definition) is 2. The monoisotopic (exact) mass is 335 g/mol. The highest BCUT2D eigenvalue weighted by molar-refractivity contribution is 14.0. The van der Waals surface area contributed by atoms with E-state index < -0.39 is 0 Å². The van der Waals surface area contributed by atoms with E-state index in [1.165, 1.54) is 19.3 Å². The molecule has 0 aliphatic heterocycles. The number of rotatable bonds is 3. The van der Waals surface area contributed by atoms with Crippen LogP contribution in [0.2, 0.25) is 0 Å². The maximum Gasteiger partial charge on any atom is 0.191 e. The minimum absolute atomic E-state index is 0. The molecule has 1 aliphatic rings. The van der Waals surface area contributed by atoms with Gasteiger partial charge in [0.05, 0.1) is 12.5 Å². The molecule has 1 saturated carbocycles. The summed E-state index contributed by atoms with van der Waals surface area (Å²) in [6.07, 6.45) is 7.26. The van der Waals surface area contributed by atoms with Crippen LogP contribution in [0.5, 0.6) is 0 Å². The van der Waals surface area contributed by atoms with Crippen molar-refractivity contribution in [2.45, 2.75) is 31.8 Å². The molecule has 1 heterocycles. The van der Waals surface area contributed by atoms with Gasteiger partial charge in [-0.1, -0.05) is 0 Å². The Kier molecular flexibility index (Phi) is 5.65. The summed E-state index contributed by atoms with van der Waals surface area (Å²) in [6, 6.07) is 2.56. The molecule has 90 valence electrons. The van der Waals surface area contributed by atoms with Crippen LogP contribution in [0.25, 0.3) is 0 Å². The molecule has 16 heavy (non-hydrogen) atoms. The van der Waals surface area contributed by atoms with Crippen molar-refractivity contribution < 1.29 is 4.42 Å². The summed E-state index contributed by atoms with van der Waals surface area (Å²) in [5.41, 5.74) is 1.13. The lowest BCUT2D eigenvalue weighted by Gasteiger charge is -2.28. The topological polar surface area (TPSA) is 49.6 Å². The van der Waals surface area contributed by atoms with Gasteiger partial charge in [-0.15, -0.1) is 24.0 Å². The van der Waals surface area contributed by atoms with Crippen molar-refractivity contribution in [2.75, 3.05) is 7.05 Å². The predicted octanol–water partition coefficient (Wildman–Crippen LogP) is 2.12. The van der Waals surface area contributed by atoms with Gasteiger partial charge in [0.25, 0.3) is 0 Å². The van der Waals surface area contributed by atoms with E-state index in [1.54, 1.807) is 19.6 Å². The first kappa shape index (κ1) is 13.3. The molecule has 0 atom stereocenters. The van der Waals surface area contributed by atoms with Gasteiger partial charge in [0, 0.05) is 25.2 Å². The van der Waals surface area contributed by atoms with E-state index in [9.17, 15) is 0 Å². The minimum Gasteiger partial charge on any atom is -0.472 e. The molecule has 1 aromatic rings. The molecule has 1 aliphatic carbocycles. The lowest BCUT2D eigenvalue weighted by molar-refractivity contribution is 0.380. The van der Waals surface area contributed by atoms with E-state index in [2.05, 4.69) is 15.6 Å². The molecule has 2 N–H and O–H groups in total. The van der Waals surface area contributed by atoms with Gasteiger partial charge < -0.3 is 15.1 Å². The van der Waals surface area contributed by atoms with Crippen molar-refractivity contribution >= 4 is 29.9 Å². The Balaban J connectivity index is 0.00000128. The van der Waals surface area contributed by atoms with Gasteiger partial charge in [-0.25, -0.2) is 0 Å². The van der Waals surface area contributed by atoms with Crippen LogP contribution in [0.3, 0.4) is 0 Å². The van der Waals surface area contributed by atoms with Crippen LogP contribution >= 0.6 is 24.0 Å². The molecule has 0 radical (unpaired) electrons. The molecule has 0 spiro atoms. The number of furan rings is 1. The fraction of sp³-hybridized carbons (Fsp3) is 0.545. The van der Waals surface area contributed by atoms with E-state index in [4.69, 9.17) is 4.42 Å². The molecule has 0 unspecified atom stereocenters. The Hall–Kier alpha value is -0.720. The van der Waals surface area contributed by atoms with Crippen LogP contribution < -0.4 is 10.6 Å². The first-order chi connectivity index (χ1) is 7.38. The third kappa shape index (κ3) is 3.70. The quantitative estimate of drug-likeness (QED) is 0.505. The summed E-state index contributed by atoms with van der Waals surface area (Å²) >= 11 is 0. The first-order valence-corrected chi connectivity index (χ1v) is 5.37. The van der Waals surface area contributed by atoms with Crippen LogP contribution in [0.1, 0.15) is 24.8 Å². The fourth-order valence-electron chi connectivity index (χ4n) is 1.52. The van der Waals surface area contributed by atoms with Crippen LogP contribution in [0, 0.1) is 0 Å². The summed E-state index contributed by atoms with van der Waals surface area (Å²) in [5, 5.41) is 6.62. The number of halogens is 1. The lowest BCUT2D eigenvalue weighted by atomic mass is 9.93. The SMILES string of the molecule is CN=C(NCc1ccoc1)NC1CCC1.I. The smallest absolute Gasteiger partial charge is 0.191 e. The second kappa shape index (κ2) is 6.78. The third-order valence-electron chi connectivity index (χ3n) is 2.71. The van der Waals surface area contributed by atoms with E-state index in [0.717, 1.165) is 18.1 Å². The molecule has 0 aromatic carbocycles. The summed E-state index contributed by atoms with van der Waals surface area (Å²) in [5.74, 6) is 0.876. The molecule has 4 nitrogen and oxygen atoms in total. The van der Waals surface area contributed by atoms with E-state index >= 15 is 0 Å². The molecule has 1 fully saturated rings. The number of nitrogens with zero attached hydrogens (tertiary/aromatic N) is 1. The number of nitrogens with one attached hydrogen (secondary N) is 2. The molecular weight excluding hydrogens is 317 g/mol. The molecule has 1 aromatic heterocycles. The lowest BCUT2D eigenvalue weighted by Crippen LogP contribution is -2.45. The van der Waals surface area contributed by atoms with Crippen molar-refractivity contribution in [3.8, 4) is 0 Å². The van der Waals surface area contributed by atoms with Gasteiger partial charge in [0.1, 0.15) is 0 Å². The summed E-state index contributed by atoms with van der Waals surface area (Å²) in [7, 11) is 1.80. The number of hydrogen-bond acceptors (Lipinski definition) is 2. The average molecular weight is 335 g/mol. The Labute approximate surface area is 113 Å². The van der Waals surface area contributed by atoms with Gasteiger partial charge in [0.2, 0.25) is 0 Å². The van der Waals surface area contributed by atoms with Crippen molar-refractivity contribution in [1.82, 2.24) is 10.6 Å². The summed E-state index contributed by atoms with van der Waals surface area (Å²) in [4.78, 5) is 4.17. The average Bonchev–Trinajstić information content (AvgIpc) is 2.68. The third-order valence-corrected chi connectivity index (χ3v) is 2.71. The van der Waals surface area contributed by atoms with Crippen LogP contribution in [0.4, 0.5) is 0 Å². The van der Waals surface area contributed by atoms with Crippen molar-refractivity contribution in [1.29, 1.82) is 0 Å². The van der Waals surface area contributed by atoms with Crippen molar-refractivity contribution in [3.63, 3.8) is 0 Å². The molecule has 0 amide bonds. The molecular formula is C11H18IN3O. The predicted molar refractivity (Wildman–Crippen MR) is 75.1 cm³/mol. The maximum atomic E-state index is 4.99. The fourth-order valence-corrected chi connectivity index (χ4v) is 1.52. The Morgan fingerprint density at radius 3 is 2.88 bits per heavy atom. The Morgan fingerprint density at radius 1 is 1.56 bits per heavy atom. The first-order valence-electron chi connectivity index (χ1n) is 5.37. The molecule has 2 rings (SSSR count). The van der Waals surface area contributed by atoms with Crippen LogP contribution in [-0.2, 0) is 6.54 Å². The Morgan fingerprint density at radius 2 is 2.38 bits per heavy atom. The van der Waals surface area contributed by atoms with E-state index in [0.29, 0.717) is 6.04 Å². The zero-order chi connectivity index (χ0) is 10.5. The Bertz CT molecular complexity index is 320. The van der Waals surface area contributed by atoms with E-state index in [1.807, 2.05) is 6.07 Å². The highest BCUT2D eigenvalue weighted by atomic mass is 127.